The van der Waals surface area contributed by atoms with Gasteiger partial charge in [-0.1, -0.05) is 12.1 Å². The summed E-state index contributed by atoms with van der Waals surface area (Å²) in [6.07, 6.45) is 1.26. The average Bonchev–Trinajstić information content (AvgIpc) is 3.36. The van der Waals surface area contributed by atoms with Crippen LogP contribution in [0.25, 0.3) is 5.76 Å². The largest absolute Gasteiger partial charge is 0.507 e. The summed E-state index contributed by atoms with van der Waals surface area (Å²) in [5, 5.41) is 22.1. The predicted molar refractivity (Wildman–Crippen MR) is 107 cm³/mol. The number of nitro benzene ring substituents is 1. The number of aliphatic hydroxyl groups excluding tert-OH is 1. The Bertz CT molecular complexity index is 1080. The van der Waals surface area contributed by atoms with Crippen molar-refractivity contribution in [2.24, 2.45) is 0 Å². The Balaban J connectivity index is 1.85. The van der Waals surface area contributed by atoms with Gasteiger partial charge in [0.1, 0.15) is 11.6 Å². The van der Waals surface area contributed by atoms with E-state index >= 15 is 0 Å². The van der Waals surface area contributed by atoms with Gasteiger partial charge in [0.2, 0.25) is 0 Å². The van der Waals surface area contributed by atoms with Gasteiger partial charge in [-0.2, -0.15) is 0 Å². The van der Waals surface area contributed by atoms with Crippen molar-refractivity contribution in [3.05, 3.63) is 81.2 Å². The molecule has 9 heteroatoms. The molecular weight excluding hydrogens is 407 g/mol. The van der Waals surface area contributed by atoms with E-state index in [0.717, 1.165) is 18.6 Å². The highest BCUT2D eigenvalue weighted by Crippen LogP contribution is 2.40. The maximum atomic E-state index is 13.3. The summed E-state index contributed by atoms with van der Waals surface area (Å²) in [5.74, 6) is -2.72. The van der Waals surface area contributed by atoms with Gasteiger partial charge in [-0.15, -0.1) is 0 Å². The Morgan fingerprint density at radius 1 is 1.23 bits per heavy atom. The van der Waals surface area contributed by atoms with E-state index in [1.54, 1.807) is 6.07 Å². The second kappa shape index (κ2) is 8.27. The van der Waals surface area contributed by atoms with E-state index in [9.17, 15) is 29.2 Å². The molecule has 2 aliphatic rings. The Labute approximate surface area is 176 Å². The minimum atomic E-state index is -1.03. The normalized spacial score (nSPS) is 22.8. The zero-order valence-electron chi connectivity index (χ0n) is 16.4. The average molecular weight is 426 g/mol. The quantitative estimate of drug-likeness (QED) is 0.258. The highest BCUT2D eigenvalue weighted by Gasteiger charge is 2.47. The first-order valence-electron chi connectivity index (χ1n) is 9.77. The Hall–Kier alpha value is -3.59. The third kappa shape index (κ3) is 3.91. The number of benzene rings is 2. The molecule has 1 amide bonds. The molecule has 2 aromatic rings. The number of Topliss-reactive ketones (excluding diaryl/α,β-unsaturated/α-hetero) is 1. The molecule has 0 bridgehead atoms. The number of carbonyl (C=O) groups is 2. The van der Waals surface area contributed by atoms with Crippen LogP contribution < -0.4 is 0 Å². The summed E-state index contributed by atoms with van der Waals surface area (Å²) < 4.78 is 18.9. The molecule has 4 rings (SSSR count). The molecule has 0 spiro atoms. The lowest BCUT2D eigenvalue weighted by atomic mass is 9.95. The van der Waals surface area contributed by atoms with Crippen LogP contribution in [-0.4, -0.2) is 45.9 Å². The molecule has 1 N–H and O–H groups in total. The van der Waals surface area contributed by atoms with E-state index in [-0.39, 0.29) is 29.5 Å². The van der Waals surface area contributed by atoms with E-state index in [1.807, 2.05) is 0 Å². The lowest BCUT2D eigenvalue weighted by Crippen LogP contribution is -2.36. The molecule has 0 unspecified atom stereocenters. The van der Waals surface area contributed by atoms with Crippen molar-refractivity contribution in [2.75, 3.05) is 13.2 Å². The number of non-ortho nitro benzene ring substituents is 1. The maximum absolute atomic E-state index is 13.3. The van der Waals surface area contributed by atoms with Crippen molar-refractivity contribution in [1.29, 1.82) is 0 Å². The summed E-state index contributed by atoms with van der Waals surface area (Å²) in [6.45, 7) is 0.657. The number of aliphatic hydroxyl groups is 1. The minimum Gasteiger partial charge on any atom is -0.507 e. The second-order valence-electron chi connectivity index (χ2n) is 7.45. The first-order chi connectivity index (χ1) is 14.9. The molecule has 2 saturated heterocycles. The fraction of sp³-hybridized carbons (Fsp3) is 0.273. The third-order valence-electron chi connectivity index (χ3n) is 5.48. The van der Waals surface area contributed by atoms with Gasteiger partial charge in [0, 0.05) is 30.8 Å². The number of hydrogen-bond donors (Lipinski definition) is 1. The van der Waals surface area contributed by atoms with Crippen LogP contribution in [0.5, 0.6) is 0 Å². The van der Waals surface area contributed by atoms with Crippen LogP contribution in [0.2, 0.25) is 0 Å². The van der Waals surface area contributed by atoms with Crippen molar-refractivity contribution in [2.45, 2.75) is 25.0 Å². The van der Waals surface area contributed by atoms with E-state index in [1.165, 1.54) is 35.2 Å². The Morgan fingerprint density at radius 3 is 2.61 bits per heavy atom. The summed E-state index contributed by atoms with van der Waals surface area (Å²) in [7, 11) is 0. The zero-order valence-corrected chi connectivity index (χ0v) is 16.4. The number of rotatable bonds is 5. The smallest absolute Gasteiger partial charge is 0.295 e. The van der Waals surface area contributed by atoms with E-state index in [2.05, 4.69) is 0 Å². The first-order valence-corrected chi connectivity index (χ1v) is 9.77. The van der Waals surface area contributed by atoms with Gasteiger partial charge >= 0.3 is 0 Å². The lowest BCUT2D eigenvalue weighted by Gasteiger charge is -2.27. The number of amides is 1. The fourth-order valence-corrected chi connectivity index (χ4v) is 3.99. The molecule has 2 aromatic carbocycles. The molecule has 160 valence electrons. The molecule has 2 atom stereocenters. The fourth-order valence-electron chi connectivity index (χ4n) is 3.99. The number of ketones is 1. The standard InChI is InChI=1S/C22H19FN2O6/c23-15-8-6-13(7-9-15)20(26)18-19(14-3-1-4-16(11-14)25(29)30)24(22(28)21(18)27)12-17-5-2-10-31-17/h1,3-4,6-9,11,17,19,26H,2,5,10,12H2/t17-,19+/m0/s1. The van der Waals surface area contributed by atoms with Gasteiger partial charge in [-0.3, -0.25) is 19.7 Å². The van der Waals surface area contributed by atoms with Gasteiger partial charge < -0.3 is 14.7 Å². The first kappa shape index (κ1) is 20.7. The predicted octanol–water partition coefficient (Wildman–Crippen LogP) is 3.33. The molecule has 2 heterocycles. The molecule has 2 aliphatic heterocycles. The van der Waals surface area contributed by atoms with Gasteiger partial charge in [-0.05, 0) is 42.7 Å². The molecular formula is C22H19FN2O6. The summed E-state index contributed by atoms with van der Waals surface area (Å²) in [6, 6.07) is 9.40. The summed E-state index contributed by atoms with van der Waals surface area (Å²) in [4.78, 5) is 37.8. The summed E-state index contributed by atoms with van der Waals surface area (Å²) >= 11 is 0. The number of nitrogens with zero attached hydrogens (tertiary/aromatic N) is 2. The van der Waals surface area contributed by atoms with E-state index in [0.29, 0.717) is 18.6 Å². The van der Waals surface area contributed by atoms with Crippen molar-refractivity contribution in [3.8, 4) is 0 Å². The number of carbonyl (C=O) groups excluding carboxylic acids is 2. The van der Waals surface area contributed by atoms with Crippen LogP contribution in [-0.2, 0) is 14.3 Å². The van der Waals surface area contributed by atoms with Crippen LogP contribution in [0.3, 0.4) is 0 Å². The van der Waals surface area contributed by atoms with Crippen molar-refractivity contribution in [3.63, 3.8) is 0 Å². The monoisotopic (exact) mass is 426 g/mol. The van der Waals surface area contributed by atoms with E-state index < -0.39 is 34.2 Å². The number of likely N-dealkylation sites (tertiary alicyclic amines) is 1. The number of nitro groups is 1. The van der Waals surface area contributed by atoms with Crippen LogP contribution in [0, 0.1) is 15.9 Å². The van der Waals surface area contributed by atoms with Crippen LogP contribution >= 0.6 is 0 Å². The third-order valence-corrected chi connectivity index (χ3v) is 5.48. The lowest BCUT2D eigenvalue weighted by molar-refractivity contribution is -0.384. The molecule has 0 aromatic heterocycles. The topological polar surface area (TPSA) is 110 Å². The highest BCUT2D eigenvalue weighted by atomic mass is 19.1. The van der Waals surface area contributed by atoms with Gasteiger partial charge in [-0.25, -0.2) is 4.39 Å². The van der Waals surface area contributed by atoms with Gasteiger partial charge in [0.25, 0.3) is 17.4 Å². The molecule has 0 saturated carbocycles. The molecule has 0 radical (unpaired) electrons. The molecule has 31 heavy (non-hydrogen) atoms. The molecule has 0 aliphatic carbocycles. The molecule has 8 nitrogen and oxygen atoms in total. The van der Waals surface area contributed by atoms with Crippen LogP contribution in [0.15, 0.2) is 54.1 Å². The van der Waals surface area contributed by atoms with Crippen LogP contribution in [0.4, 0.5) is 10.1 Å². The number of halogens is 1. The minimum absolute atomic E-state index is 0.109. The molecule has 2 fully saturated rings. The highest BCUT2D eigenvalue weighted by molar-refractivity contribution is 6.46. The van der Waals surface area contributed by atoms with Crippen molar-refractivity contribution in [1.82, 2.24) is 4.90 Å². The van der Waals surface area contributed by atoms with Crippen molar-refractivity contribution >= 4 is 23.1 Å². The van der Waals surface area contributed by atoms with E-state index in [4.69, 9.17) is 4.74 Å². The van der Waals surface area contributed by atoms with Gasteiger partial charge in [0.15, 0.2) is 0 Å². The Kier molecular flexibility index (Phi) is 5.51. The number of ether oxygens (including phenoxy) is 1. The summed E-state index contributed by atoms with van der Waals surface area (Å²) in [5.41, 5.74) is 0.0686. The Morgan fingerprint density at radius 2 is 1.97 bits per heavy atom. The number of hydrogen-bond acceptors (Lipinski definition) is 6. The van der Waals surface area contributed by atoms with Crippen molar-refractivity contribution < 1.29 is 28.7 Å². The van der Waals surface area contributed by atoms with Crippen LogP contribution in [0.1, 0.15) is 30.0 Å². The van der Waals surface area contributed by atoms with Gasteiger partial charge in [0.05, 0.1) is 22.6 Å². The zero-order chi connectivity index (χ0) is 22.1. The SMILES string of the molecule is O=C1C(=O)N(C[C@@H]2CCCO2)[C@H](c2cccc([N+](=O)[O-])c2)C1=C(O)c1ccc(F)cc1. The maximum Gasteiger partial charge on any atom is 0.295 e. The second-order valence-corrected chi connectivity index (χ2v) is 7.45.